The standard InChI is InChI=1S/C10H14N6O2/c1-5-8(9(11)15-14-5)10(17)12-4-3-7-13-6(2)18-16-7/h3-4H2,1-2H3,(H,12,17)(H3,11,14,15). The third-order valence-electron chi connectivity index (χ3n) is 2.41. The lowest BCUT2D eigenvalue weighted by atomic mass is 10.2. The number of aromatic amines is 1. The number of H-pyrrole nitrogens is 1. The van der Waals surface area contributed by atoms with Gasteiger partial charge in [0.05, 0.1) is 0 Å². The van der Waals surface area contributed by atoms with E-state index in [0.717, 1.165) is 0 Å². The lowest BCUT2D eigenvalue weighted by molar-refractivity contribution is 0.0954. The van der Waals surface area contributed by atoms with Crippen LogP contribution in [0.5, 0.6) is 0 Å². The Morgan fingerprint density at radius 2 is 2.28 bits per heavy atom. The molecule has 8 nitrogen and oxygen atoms in total. The number of aromatic nitrogens is 4. The molecule has 0 atom stereocenters. The van der Waals surface area contributed by atoms with E-state index in [9.17, 15) is 4.79 Å². The Bertz CT molecular complexity index is 539. The van der Waals surface area contributed by atoms with Gasteiger partial charge in [0.15, 0.2) is 11.6 Å². The Labute approximate surface area is 103 Å². The molecule has 96 valence electrons. The number of rotatable bonds is 4. The summed E-state index contributed by atoms with van der Waals surface area (Å²) in [5, 5.41) is 12.9. The average Bonchev–Trinajstić information content (AvgIpc) is 2.86. The molecule has 4 N–H and O–H groups in total. The van der Waals surface area contributed by atoms with E-state index in [4.69, 9.17) is 10.3 Å². The first-order valence-corrected chi connectivity index (χ1v) is 5.45. The lowest BCUT2D eigenvalue weighted by Crippen LogP contribution is -2.27. The van der Waals surface area contributed by atoms with Crippen molar-refractivity contribution in [3.05, 3.63) is 23.0 Å². The van der Waals surface area contributed by atoms with E-state index in [2.05, 4.69) is 25.7 Å². The minimum Gasteiger partial charge on any atom is -0.382 e. The van der Waals surface area contributed by atoms with Gasteiger partial charge in [-0.05, 0) is 6.92 Å². The topological polar surface area (TPSA) is 123 Å². The molecule has 18 heavy (non-hydrogen) atoms. The molecule has 0 aliphatic rings. The largest absolute Gasteiger partial charge is 0.382 e. The number of hydrogen-bond donors (Lipinski definition) is 3. The van der Waals surface area contributed by atoms with Crippen LogP contribution >= 0.6 is 0 Å². The Morgan fingerprint density at radius 1 is 1.50 bits per heavy atom. The summed E-state index contributed by atoms with van der Waals surface area (Å²) >= 11 is 0. The fraction of sp³-hybridized carbons (Fsp3) is 0.400. The summed E-state index contributed by atoms with van der Waals surface area (Å²) in [5.74, 6) is 0.996. The van der Waals surface area contributed by atoms with Crippen molar-refractivity contribution in [2.75, 3.05) is 12.3 Å². The van der Waals surface area contributed by atoms with Gasteiger partial charge in [0.2, 0.25) is 5.89 Å². The van der Waals surface area contributed by atoms with Gasteiger partial charge in [-0.2, -0.15) is 10.1 Å². The predicted octanol–water partition coefficient (Wildman–Crippen LogP) is -0.0358. The van der Waals surface area contributed by atoms with Crippen molar-refractivity contribution in [2.24, 2.45) is 0 Å². The van der Waals surface area contributed by atoms with Crippen LogP contribution in [-0.2, 0) is 6.42 Å². The van der Waals surface area contributed by atoms with E-state index in [-0.39, 0.29) is 11.7 Å². The average molecular weight is 250 g/mol. The number of amides is 1. The van der Waals surface area contributed by atoms with Crippen molar-refractivity contribution in [1.82, 2.24) is 25.7 Å². The second-order valence-corrected chi connectivity index (χ2v) is 3.84. The second-order valence-electron chi connectivity index (χ2n) is 3.84. The molecule has 2 aromatic heterocycles. The number of hydrogen-bond acceptors (Lipinski definition) is 6. The number of nitrogens with one attached hydrogen (secondary N) is 2. The van der Waals surface area contributed by atoms with Crippen molar-refractivity contribution in [3.63, 3.8) is 0 Å². The zero-order chi connectivity index (χ0) is 13.1. The number of nitrogens with two attached hydrogens (primary N) is 1. The molecule has 0 aromatic carbocycles. The zero-order valence-corrected chi connectivity index (χ0v) is 10.1. The van der Waals surface area contributed by atoms with Gasteiger partial charge in [0.1, 0.15) is 5.56 Å². The number of aryl methyl sites for hydroxylation is 2. The van der Waals surface area contributed by atoms with Crippen molar-refractivity contribution < 1.29 is 9.32 Å². The number of nitrogens with zero attached hydrogens (tertiary/aromatic N) is 3. The van der Waals surface area contributed by atoms with Gasteiger partial charge in [-0.1, -0.05) is 5.16 Å². The highest BCUT2D eigenvalue weighted by Crippen LogP contribution is 2.11. The van der Waals surface area contributed by atoms with Crippen molar-refractivity contribution in [1.29, 1.82) is 0 Å². The molecule has 2 heterocycles. The summed E-state index contributed by atoms with van der Waals surface area (Å²) in [6.45, 7) is 3.85. The monoisotopic (exact) mass is 250 g/mol. The van der Waals surface area contributed by atoms with Crippen LogP contribution < -0.4 is 11.1 Å². The minimum atomic E-state index is -0.265. The van der Waals surface area contributed by atoms with E-state index in [0.29, 0.717) is 35.9 Å². The maximum absolute atomic E-state index is 11.8. The maximum Gasteiger partial charge on any atom is 0.256 e. The van der Waals surface area contributed by atoms with Crippen LogP contribution in [0.25, 0.3) is 0 Å². The molecule has 1 amide bonds. The molecule has 0 saturated carbocycles. The number of carbonyl (C=O) groups is 1. The van der Waals surface area contributed by atoms with Gasteiger partial charge >= 0.3 is 0 Å². The third-order valence-corrected chi connectivity index (χ3v) is 2.41. The van der Waals surface area contributed by atoms with Crippen LogP contribution in [0.2, 0.25) is 0 Å². The predicted molar refractivity (Wildman–Crippen MR) is 62.8 cm³/mol. The van der Waals surface area contributed by atoms with Crippen LogP contribution in [0.15, 0.2) is 4.52 Å². The Morgan fingerprint density at radius 3 is 2.83 bits per heavy atom. The summed E-state index contributed by atoms with van der Waals surface area (Å²) in [7, 11) is 0. The molecule has 2 aromatic rings. The third kappa shape index (κ3) is 2.47. The van der Waals surface area contributed by atoms with Crippen LogP contribution in [0, 0.1) is 13.8 Å². The van der Waals surface area contributed by atoms with Gasteiger partial charge in [-0.25, -0.2) is 0 Å². The molecule has 0 aliphatic heterocycles. The van der Waals surface area contributed by atoms with Gasteiger partial charge in [-0.15, -0.1) is 0 Å². The normalized spacial score (nSPS) is 10.6. The van der Waals surface area contributed by atoms with Gasteiger partial charge in [-0.3, -0.25) is 9.89 Å². The molecule has 2 rings (SSSR count). The van der Waals surface area contributed by atoms with Gasteiger partial charge in [0.25, 0.3) is 5.91 Å². The molecular weight excluding hydrogens is 236 g/mol. The van der Waals surface area contributed by atoms with E-state index in [1.165, 1.54) is 0 Å². The van der Waals surface area contributed by atoms with Crippen LogP contribution in [0.3, 0.4) is 0 Å². The Kier molecular flexibility index (Phi) is 3.26. The number of nitrogen functional groups attached to an aromatic ring is 1. The summed E-state index contributed by atoms with van der Waals surface area (Å²) in [5.41, 5.74) is 6.60. The van der Waals surface area contributed by atoms with Crippen LogP contribution in [0.4, 0.5) is 5.82 Å². The first kappa shape index (κ1) is 12.1. The van der Waals surface area contributed by atoms with E-state index in [1.54, 1.807) is 13.8 Å². The highest BCUT2D eigenvalue weighted by atomic mass is 16.5. The fourth-order valence-electron chi connectivity index (χ4n) is 1.55. The summed E-state index contributed by atoms with van der Waals surface area (Å²) in [4.78, 5) is 15.9. The lowest BCUT2D eigenvalue weighted by Gasteiger charge is -2.02. The highest BCUT2D eigenvalue weighted by Gasteiger charge is 2.15. The summed E-state index contributed by atoms with van der Waals surface area (Å²) in [6.07, 6.45) is 0.500. The summed E-state index contributed by atoms with van der Waals surface area (Å²) < 4.78 is 4.82. The first-order chi connectivity index (χ1) is 8.58. The quantitative estimate of drug-likeness (QED) is 0.699. The molecule has 0 saturated heterocycles. The van der Waals surface area contributed by atoms with Crippen LogP contribution in [0.1, 0.15) is 27.8 Å². The van der Waals surface area contributed by atoms with E-state index in [1.807, 2.05) is 0 Å². The SMILES string of the molecule is Cc1nc(CCNC(=O)c2c(N)n[nH]c2C)no1. The van der Waals surface area contributed by atoms with Crippen LogP contribution in [-0.4, -0.2) is 32.8 Å². The molecule has 8 heteroatoms. The van der Waals surface area contributed by atoms with E-state index >= 15 is 0 Å². The second kappa shape index (κ2) is 4.86. The maximum atomic E-state index is 11.8. The van der Waals surface area contributed by atoms with Crippen molar-refractivity contribution in [3.8, 4) is 0 Å². The zero-order valence-electron chi connectivity index (χ0n) is 10.1. The number of anilines is 1. The smallest absolute Gasteiger partial charge is 0.256 e. The molecule has 0 bridgehead atoms. The Hall–Kier alpha value is -2.38. The fourth-order valence-corrected chi connectivity index (χ4v) is 1.55. The molecule has 0 unspecified atom stereocenters. The molecule has 0 aliphatic carbocycles. The van der Waals surface area contributed by atoms with Crippen molar-refractivity contribution in [2.45, 2.75) is 20.3 Å². The van der Waals surface area contributed by atoms with Crippen molar-refractivity contribution >= 4 is 11.7 Å². The Balaban J connectivity index is 1.89. The molecule has 0 radical (unpaired) electrons. The van der Waals surface area contributed by atoms with Gasteiger partial charge in [0, 0.05) is 25.6 Å². The van der Waals surface area contributed by atoms with Gasteiger partial charge < -0.3 is 15.6 Å². The van der Waals surface area contributed by atoms with E-state index < -0.39 is 0 Å². The molecule has 0 spiro atoms. The summed E-state index contributed by atoms with van der Waals surface area (Å²) in [6, 6.07) is 0. The molecule has 0 fully saturated rings. The number of carbonyl (C=O) groups excluding carboxylic acids is 1. The molecular formula is C10H14N6O2. The minimum absolute atomic E-state index is 0.195. The first-order valence-electron chi connectivity index (χ1n) is 5.45. The highest BCUT2D eigenvalue weighted by molar-refractivity contribution is 5.99.